The van der Waals surface area contributed by atoms with Gasteiger partial charge in [-0.1, -0.05) is 0 Å². The van der Waals surface area contributed by atoms with Crippen molar-refractivity contribution in [2.24, 2.45) is 0 Å². The van der Waals surface area contributed by atoms with Crippen LogP contribution in [0, 0.1) is 0 Å². The molecule has 2 atom stereocenters. The average molecular weight is 407 g/mol. The van der Waals surface area contributed by atoms with Crippen LogP contribution in [0.2, 0.25) is 0 Å². The monoisotopic (exact) mass is 407 g/mol. The second-order valence-electron chi connectivity index (χ2n) is 6.58. The van der Waals surface area contributed by atoms with E-state index in [1.165, 1.54) is 38.1 Å². The Labute approximate surface area is 164 Å². The Morgan fingerprint density at radius 1 is 1.11 bits per heavy atom. The highest BCUT2D eigenvalue weighted by Gasteiger charge is 2.23. The topological polar surface area (TPSA) is 118 Å². The molecular weight excluding hydrogens is 382 g/mol. The summed E-state index contributed by atoms with van der Waals surface area (Å²) >= 11 is 0. The summed E-state index contributed by atoms with van der Waals surface area (Å²) in [6.07, 6.45) is 2.94. The lowest BCUT2D eigenvalue weighted by Gasteiger charge is -2.18. The van der Waals surface area contributed by atoms with Gasteiger partial charge >= 0.3 is 0 Å². The van der Waals surface area contributed by atoms with Crippen LogP contribution in [0.5, 0.6) is 0 Å². The van der Waals surface area contributed by atoms with Gasteiger partial charge in [-0.25, -0.2) is 8.42 Å². The first kappa shape index (κ1) is 21.6. The summed E-state index contributed by atoms with van der Waals surface area (Å²) in [4.78, 5) is 23.3. The molecule has 2 rings (SSSR count). The normalized spacial score (nSPS) is 13.5. The maximum Gasteiger partial charge on any atom is 0.241 e. The third kappa shape index (κ3) is 6.50. The molecule has 0 saturated heterocycles. The minimum atomic E-state index is -3.87. The van der Waals surface area contributed by atoms with E-state index in [1.807, 2.05) is 13.0 Å². The van der Waals surface area contributed by atoms with Crippen LogP contribution in [-0.4, -0.2) is 32.3 Å². The molecule has 152 valence electrons. The first-order chi connectivity index (χ1) is 13.2. The molecular formula is C19H25N3O5S. The number of hydrogen-bond acceptors (Lipinski definition) is 5. The molecule has 1 aromatic carbocycles. The predicted octanol–water partition coefficient (Wildman–Crippen LogP) is 2.04. The summed E-state index contributed by atoms with van der Waals surface area (Å²) in [5.74, 6) is 0.170. The molecule has 28 heavy (non-hydrogen) atoms. The molecule has 0 fully saturated rings. The van der Waals surface area contributed by atoms with E-state index in [-0.39, 0.29) is 16.8 Å². The highest BCUT2D eigenvalue weighted by Crippen LogP contribution is 2.14. The smallest absolute Gasteiger partial charge is 0.241 e. The summed E-state index contributed by atoms with van der Waals surface area (Å²) in [5, 5.41) is 5.35. The Kier molecular flexibility index (Phi) is 7.36. The number of rotatable bonds is 9. The van der Waals surface area contributed by atoms with Gasteiger partial charge in [0.1, 0.15) is 5.76 Å². The summed E-state index contributed by atoms with van der Waals surface area (Å²) in [6.45, 7) is 4.70. The Morgan fingerprint density at radius 2 is 1.79 bits per heavy atom. The fourth-order valence-electron chi connectivity index (χ4n) is 2.53. The second kappa shape index (κ2) is 9.52. The number of benzene rings is 1. The highest BCUT2D eigenvalue weighted by molar-refractivity contribution is 7.89. The molecule has 8 nitrogen and oxygen atoms in total. The minimum Gasteiger partial charge on any atom is -0.469 e. The van der Waals surface area contributed by atoms with Crippen molar-refractivity contribution in [2.75, 3.05) is 5.32 Å². The first-order valence-corrected chi connectivity index (χ1v) is 10.4. The molecule has 1 aromatic heterocycles. The highest BCUT2D eigenvalue weighted by atomic mass is 32.2. The zero-order valence-electron chi connectivity index (χ0n) is 16.1. The van der Waals surface area contributed by atoms with Crippen molar-refractivity contribution in [1.29, 1.82) is 0 Å². The summed E-state index contributed by atoms with van der Waals surface area (Å²) in [5.41, 5.74) is 0.489. The van der Waals surface area contributed by atoms with Gasteiger partial charge in [0, 0.05) is 25.1 Å². The predicted molar refractivity (Wildman–Crippen MR) is 105 cm³/mol. The maximum atomic E-state index is 12.5. The molecule has 2 aromatic rings. The van der Waals surface area contributed by atoms with Gasteiger partial charge in [0.2, 0.25) is 21.8 Å². The number of furan rings is 1. The maximum absolute atomic E-state index is 12.5. The van der Waals surface area contributed by atoms with Crippen molar-refractivity contribution >= 4 is 27.5 Å². The van der Waals surface area contributed by atoms with Gasteiger partial charge < -0.3 is 15.1 Å². The van der Waals surface area contributed by atoms with Crippen LogP contribution in [0.3, 0.4) is 0 Å². The zero-order valence-corrected chi connectivity index (χ0v) is 16.9. The minimum absolute atomic E-state index is 0.00659. The van der Waals surface area contributed by atoms with E-state index in [9.17, 15) is 18.0 Å². The number of carbonyl (C=O) groups excluding carboxylic acids is 2. The van der Waals surface area contributed by atoms with Crippen LogP contribution in [0.15, 0.2) is 52.0 Å². The Morgan fingerprint density at radius 3 is 2.36 bits per heavy atom. The second-order valence-corrected chi connectivity index (χ2v) is 8.29. The van der Waals surface area contributed by atoms with Crippen molar-refractivity contribution in [3.05, 3.63) is 48.4 Å². The quantitative estimate of drug-likeness (QED) is 0.588. The van der Waals surface area contributed by atoms with Gasteiger partial charge in [0.05, 0.1) is 17.2 Å². The van der Waals surface area contributed by atoms with Crippen LogP contribution in [0.25, 0.3) is 0 Å². The van der Waals surface area contributed by atoms with Crippen molar-refractivity contribution in [2.45, 2.75) is 50.6 Å². The molecule has 2 unspecified atom stereocenters. The lowest BCUT2D eigenvalue weighted by Crippen LogP contribution is -2.47. The van der Waals surface area contributed by atoms with Gasteiger partial charge in [-0.15, -0.1) is 0 Å². The average Bonchev–Trinajstić information content (AvgIpc) is 3.13. The standard InChI is InChI=1S/C19H25N3O5S/c1-13(6-9-17-5-4-12-27-17)20-19(24)14(2)22-28(25,26)18-10-7-16(8-11-18)21-15(3)23/h4-5,7-8,10-14,22H,6,9H2,1-3H3,(H,20,24)(H,21,23). The lowest BCUT2D eigenvalue weighted by molar-refractivity contribution is -0.123. The van der Waals surface area contributed by atoms with Crippen molar-refractivity contribution in [3.63, 3.8) is 0 Å². The van der Waals surface area contributed by atoms with Gasteiger partial charge in [0.25, 0.3) is 0 Å². The Hall–Kier alpha value is -2.65. The van der Waals surface area contributed by atoms with Crippen LogP contribution in [-0.2, 0) is 26.0 Å². The summed E-state index contributed by atoms with van der Waals surface area (Å²) in [6, 6.07) is 8.29. The Bertz CT molecular complexity index is 892. The van der Waals surface area contributed by atoms with Gasteiger partial charge in [-0.2, -0.15) is 4.72 Å². The molecule has 0 radical (unpaired) electrons. The number of carbonyl (C=O) groups is 2. The van der Waals surface area contributed by atoms with E-state index in [2.05, 4.69) is 15.4 Å². The lowest BCUT2D eigenvalue weighted by atomic mass is 10.1. The number of hydrogen-bond donors (Lipinski definition) is 3. The third-order valence-electron chi connectivity index (χ3n) is 4.00. The molecule has 0 aliphatic rings. The van der Waals surface area contributed by atoms with E-state index < -0.39 is 22.0 Å². The fraction of sp³-hybridized carbons (Fsp3) is 0.368. The number of amides is 2. The van der Waals surface area contributed by atoms with Crippen LogP contribution in [0.4, 0.5) is 5.69 Å². The van der Waals surface area contributed by atoms with Crippen LogP contribution >= 0.6 is 0 Å². The molecule has 0 saturated carbocycles. The largest absolute Gasteiger partial charge is 0.469 e. The molecule has 0 bridgehead atoms. The zero-order chi connectivity index (χ0) is 20.7. The molecule has 2 amide bonds. The van der Waals surface area contributed by atoms with E-state index in [0.29, 0.717) is 18.5 Å². The van der Waals surface area contributed by atoms with Gasteiger partial charge in [0.15, 0.2) is 0 Å². The van der Waals surface area contributed by atoms with E-state index in [1.54, 1.807) is 12.3 Å². The number of aryl methyl sites for hydroxylation is 1. The summed E-state index contributed by atoms with van der Waals surface area (Å²) < 4.78 is 32.5. The van der Waals surface area contributed by atoms with Crippen molar-refractivity contribution in [3.8, 4) is 0 Å². The number of anilines is 1. The van der Waals surface area contributed by atoms with E-state index in [0.717, 1.165) is 5.76 Å². The third-order valence-corrected chi connectivity index (χ3v) is 5.56. The van der Waals surface area contributed by atoms with Crippen molar-refractivity contribution in [1.82, 2.24) is 10.0 Å². The molecule has 0 aliphatic heterocycles. The fourth-order valence-corrected chi connectivity index (χ4v) is 3.73. The van der Waals surface area contributed by atoms with Crippen LogP contribution < -0.4 is 15.4 Å². The van der Waals surface area contributed by atoms with Crippen LogP contribution in [0.1, 0.15) is 33.0 Å². The van der Waals surface area contributed by atoms with Crippen molar-refractivity contribution < 1.29 is 22.4 Å². The van der Waals surface area contributed by atoms with Gasteiger partial charge in [-0.05, 0) is 56.7 Å². The number of sulfonamides is 1. The molecule has 9 heteroatoms. The first-order valence-electron chi connectivity index (χ1n) is 8.90. The SMILES string of the molecule is CC(=O)Nc1ccc(S(=O)(=O)NC(C)C(=O)NC(C)CCc2ccco2)cc1. The van der Waals surface area contributed by atoms with E-state index in [4.69, 9.17) is 4.42 Å². The molecule has 0 aliphatic carbocycles. The summed E-state index contributed by atoms with van der Waals surface area (Å²) in [7, 11) is -3.87. The Balaban J connectivity index is 1.89. The molecule has 1 heterocycles. The molecule has 0 spiro atoms. The molecule has 3 N–H and O–H groups in total. The van der Waals surface area contributed by atoms with Gasteiger partial charge in [-0.3, -0.25) is 9.59 Å². The van der Waals surface area contributed by atoms with E-state index >= 15 is 0 Å². The number of nitrogens with one attached hydrogen (secondary N) is 3.